The predicted octanol–water partition coefficient (Wildman–Crippen LogP) is 2.87. The van der Waals surface area contributed by atoms with E-state index in [9.17, 15) is 0 Å². The van der Waals surface area contributed by atoms with Gasteiger partial charge in [-0.15, -0.1) is 0 Å². The average molecular weight is 285 g/mol. The minimum Gasteiger partial charge on any atom is -0.493 e. The van der Waals surface area contributed by atoms with Crippen molar-refractivity contribution < 1.29 is 4.74 Å². The molecule has 4 heteroatoms. The van der Waals surface area contributed by atoms with E-state index in [4.69, 9.17) is 4.74 Å². The number of hydrogen-bond acceptors (Lipinski definition) is 3. The van der Waals surface area contributed by atoms with Crippen LogP contribution in [0.4, 0.5) is 0 Å². The molecule has 2 heterocycles. The van der Waals surface area contributed by atoms with Gasteiger partial charge in [0, 0.05) is 25.2 Å². The van der Waals surface area contributed by atoms with Crippen molar-refractivity contribution in [1.82, 2.24) is 15.1 Å². The molecule has 1 N–H and O–H groups in total. The van der Waals surface area contributed by atoms with Gasteiger partial charge < -0.3 is 10.1 Å². The van der Waals surface area contributed by atoms with Gasteiger partial charge in [-0.1, -0.05) is 12.1 Å². The first-order valence-corrected chi connectivity index (χ1v) is 7.62. The molecule has 0 saturated heterocycles. The van der Waals surface area contributed by atoms with Gasteiger partial charge in [-0.3, -0.25) is 4.68 Å². The molecule has 2 aromatic rings. The fourth-order valence-electron chi connectivity index (χ4n) is 2.68. The maximum absolute atomic E-state index is 5.55. The molecule has 21 heavy (non-hydrogen) atoms. The molecule has 1 aromatic carbocycles. The molecule has 0 saturated carbocycles. The Morgan fingerprint density at radius 1 is 1.38 bits per heavy atom. The maximum Gasteiger partial charge on any atom is 0.122 e. The third kappa shape index (κ3) is 3.10. The molecule has 0 unspecified atom stereocenters. The number of nitrogens with one attached hydrogen (secondary N) is 1. The number of rotatable bonds is 5. The Morgan fingerprint density at radius 3 is 3.00 bits per heavy atom. The van der Waals surface area contributed by atoms with E-state index in [1.54, 1.807) is 0 Å². The number of hydrogen-bond donors (Lipinski definition) is 1. The number of nitrogens with zero attached hydrogens (tertiary/aromatic N) is 2. The summed E-state index contributed by atoms with van der Waals surface area (Å²) < 4.78 is 7.58. The summed E-state index contributed by atoms with van der Waals surface area (Å²) in [6.07, 6.45) is 5.03. The second-order valence-corrected chi connectivity index (χ2v) is 5.95. The normalized spacial score (nSPS) is 16.3. The minimum absolute atomic E-state index is 0.330. The largest absolute Gasteiger partial charge is 0.493 e. The number of ether oxygens (including phenoxy) is 1. The fraction of sp³-hybridized carbons (Fsp3) is 0.471. The zero-order valence-corrected chi connectivity index (χ0v) is 13.0. The van der Waals surface area contributed by atoms with Gasteiger partial charge in [-0.2, -0.15) is 5.10 Å². The standard InChI is InChI=1S/C17H23N3O/c1-12-9-19-20(11-12)14(3)13(2)18-10-15-4-5-17-16(8-15)6-7-21-17/h4-5,8-9,11,13-14,18H,6-7,10H2,1-3H3/t13-,14-/m0/s1. The van der Waals surface area contributed by atoms with Gasteiger partial charge >= 0.3 is 0 Å². The van der Waals surface area contributed by atoms with Crippen molar-refractivity contribution in [3.63, 3.8) is 0 Å². The van der Waals surface area contributed by atoms with Crippen LogP contribution in [-0.4, -0.2) is 22.4 Å². The number of aromatic nitrogens is 2. The van der Waals surface area contributed by atoms with Crippen LogP contribution in [0.1, 0.15) is 36.6 Å². The van der Waals surface area contributed by atoms with Crippen LogP contribution in [0.2, 0.25) is 0 Å². The zero-order valence-electron chi connectivity index (χ0n) is 13.0. The van der Waals surface area contributed by atoms with Crippen LogP contribution in [0.15, 0.2) is 30.6 Å². The third-order valence-corrected chi connectivity index (χ3v) is 4.25. The van der Waals surface area contributed by atoms with Crippen molar-refractivity contribution in [1.29, 1.82) is 0 Å². The number of benzene rings is 1. The lowest BCUT2D eigenvalue weighted by Gasteiger charge is -2.22. The van der Waals surface area contributed by atoms with Crippen LogP contribution in [0, 0.1) is 6.92 Å². The summed E-state index contributed by atoms with van der Waals surface area (Å²) in [6, 6.07) is 7.17. The molecule has 0 fully saturated rings. The van der Waals surface area contributed by atoms with Crippen molar-refractivity contribution in [3.8, 4) is 5.75 Å². The molecular weight excluding hydrogens is 262 g/mol. The highest BCUT2D eigenvalue weighted by Crippen LogP contribution is 2.25. The van der Waals surface area contributed by atoms with Crippen molar-refractivity contribution >= 4 is 0 Å². The highest BCUT2D eigenvalue weighted by molar-refractivity contribution is 5.39. The van der Waals surface area contributed by atoms with Crippen LogP contribution in [0.3, 0.4) is 0 Å². The highest BCUT2D eigenvalue weighted by Gasteiger charge is 2.15. The molecule has 0 amide bonds. The molecule has 0 radical (unpaired) electrons. The van der Waals surface area contributed by atoms with Crippen molar-refractivity contribution in [2.45, 2.75) is 45.8 Å². The second kappa shape index (κ2) is 5.90. The summed E-state index contributed by atoms with van der Waals surface area (Å²) in [5.41, 5.74) is 3.85. The lowest BCUT2D eigenvalue weighted by molar-refractivity contribution is 0.356. The summed E-state index contributed by atoms with van der Waals surface area (Å²) in [6.45, 7) is 8.16. The van der Waals surface area contributed by atoms with Crippen LogP contribution in [0.5, 0.6) is 5.75 Å². The fourth-order valence-corrected chi connectivity index (χ4v) is 2.68. The minimum atomic E-state index is 0.330. The first-order valence-electron chi connectivity index (χ1n) is 7.62. The molecule has 1 aliphatic heterocycles. The van der Waals surface area contributed by atoms with E-state index >= 15 is 0 Å². The third-order valence-electron chi connectivity index (χ3n) is 4.25. The van der Waals surface area contributed by atoms with Crippen LogP contribution in [0.25, 0.3) is 0 Å². The van der Waals surface area contributed by atoms with Gasteiger partial charge in [0.1, 0.15) is 5.75 Å². The molecule has 0 spiro atoms. The van der Waals surface area contributed by atoms with E-state index in [1.165, 1.54) is 16.7 Å². The van der Waals surface area contributed by atoms with Crippen molar-refractivity contribution in [2.75, 3.05) is 6.61 Å². The lowest BCUT2D eigenvalue weighted by Crippen LogP contribution is -2.33. The van der Waals surface area contributed by atoms with E-state index in [-0.39, 0.29) is 0 Å². The van der Waals surface area contributed by atoms with E-state index in [2.05, 4.69) is 55.6 Å². The Balaban J connectivity index is 1.59. The summed E-state index contributed by atoms with van der Waals surface area (Å²) in [4.78, 5) is 0. The Labute approximate surface area is 126 Å². The number of aryl methyl sites for hydroxylation is 1. The lowest BCUT2D eigenvalue weighted by atomic mass is 10.1. The SMILES string of the molecule is Cc1cnn([C@@H](C)[C@H](C)NCc2ccc3c(c2)CCO3)c1. The monoisotopic (exact) mass is 285 g/mol. The van der Waals surface area contributed by atoms with Gasteiger partial charge in [-0.05, 0) is 43.5 Å². The topological polar surface area (TPSA) is 39.1 Å². The Bertz CT molecular complexity index is 620. The highest BCUT2D eigenvalue weighted by atomic mass is 16.5. The van der Waals surface area contributed by atoms with Crippen molar-refractivity contribution in [2.24, 2.45) is 0 Å². The average Bonchev–Trinajstić information content (AvgIpc) is 3.11. The van der Waals surface area contributed by atoms with Crippen LogP contribution >= 0.6 is 0 Å². The van der Waals surface area contributed by atoms with E-state index in [0.29, 0.717) is 12.1 Å². The summed E-state index contributed by atoms with van der Waals surface area (Å²) >= 11 is 0. The van der Waals surface area contributed by atoms with Gasteiger partial charge in [0.25, 0.3) is 0 Å². The van der Waals surface area contributed by atoms with E-state index in [0.717, 1.165) is 25.3 Å². The molecule has 0 bridgehead atoms. The van der Waals surface area contributed by atoms with Crippen molar-refractivity contribution in [3.05, 3.63) is 47.3 Å². The number of fused-ring (bicyclic) bond motifs is 1. The van der Waals surface area contributed by atoms with Crippen LogP contribution < -0.4 is 10.1 Å². The molecule has 1 aromatic heterocycles. The quantitative estimate of drug-likeness (QED) is 0.918. The Kier molecular flexibility index (Phi) is 3.97. The summed E-state index contributed by atoms with van der Waals surface area (Å²) in [5, 5.41) is 8.00. The zero-order chi connectivity index (χ0) is 14.8. The Morgan fingerprint density at radius 2 is 2.24 bits per heavy atom. The van der Waals surface area contributed by atoms with Crippen LogP contribution in [-0.2, 0) is 13.0 Å². The molecule has 0 aliphatic carbocycles. The first-order chi connectivity index (χ1) is 10.1. The Hall–Kier alpha value is -1.81. The smallest absolute Gasteiger partial charge is 0.122 e. The van der Waals surface area contributed by atoms with Gasteiger partial charge in [0.05, 0.1) is 18.8 Å². The second-order valence-electron chi connectivity index (χ2n) is 5.95. The maximum atomic E-state index is 5.55. The molecule has 4 nitrogen and oxygen atoms in total. The van der Waals surface area contributed by atoms with E-state index in [1.807, 2.05) is 10.9 Å². The van der Waals surface area contributed by atoms with Gasteiger partial charge in [0.15, 0.2) is 0 Å². The summed E-state index contributed by atoms with van der Waals surface area (Å²) in [7, 11) is 0. The predicted molar refractivity (Wildman–Crippen MR) is 83.6 cm³/mol. The molecule has 112 valence electrons. The molecule has 2 atom stereocenters. The molecule has 3 rings (SSSR count). The van der Waals surface area contributed by atoms with Gasteiger partial charge in [0.2, 0.25) is 0 Å². The van der Waals surface area contributed by atoms with E-state index < -0.39 is 0 Å². The summed E-state index contributed by atoms with van der Waals surface area (Å²) in [5.74, 6) is 1.05. The molecular formula is C17H23N3O. The first kappa shape index (κ1) is 14.1. The molecule has 1 aliphatic rings. The van der Waals surface area contributed by atoms with Gasteiger partial charge in [-0.25, -0.2) is 0 Å².